The van der Waals surface area contributed by atoms with Gasteiger partial charge in [-0.05, 0) is 17.7 Å². The number of hydrogen-bond acceptors (Lipinski definition) is 7. The molecule has 0 aliphatic carbocycles. The zero-order valence-electron chi connectivity index (χ0n) is 17.1. The van der Waals surface area contributed by atoms with Crippen LogP contribution in [0.25, 0.3) is 0 Å². The standard InChI is InChI=1S/C20H17N5O6/c1-22-14(26)12-13(11-7-5-10(9-21)6-8-11)20(31-15(12)23(2)18(22)29)16(27)24(3)19(30)25(4)17(20)28/h5-8,13H,1-4H3. The van der Waals surface area contributed by atoms with Gasteiger partial charge in [0, 0.05) is 28.2 Å². The Kier molecular flexibility index (Phi) is 4.15. The monoisotopic (exact) mass is 423 g/mol. The molecule has 0 saturated carbocycles. The second kappa shape index (κ2) is 6.40. The summed E-state index contributed by atoms with van der Waals surface area (Å²) in [6.07, 6.45) is 0. The van der Waals surface area contributed by atoms with E-state index in [0.717, 1.165) is 18.9 Å². The molecule has 0 bridgehead atoms. The molecule has 2 aromatic rings. The number of urea groups is 1. The number of fused-ring (bicyclic) bond motifs is 1. The Morgan fingerprint density at radius 1 is 0.903 bits per heavy atom. The van der Waals surface area contributed by atoms with Crippen LogP contribution < -0.4 is 16.0 Å². The van der Waals surface area contributed by atoms with E-state index in [1.165, 1.54) is 52.5 Å². The number of amides is 4. The van der Waals surface area contributed by atoms with Gasteiger partial charge in [0.25, 0.3) is 23.0 Å². The molecule has 11 heteroatoms. The van der Waals surface area contributed by atoms with E-state index in [0.29, 0.717) is 11.1 Å². The van der Waals surface area contributed by atoms with Crippen molar-refractivity contribution < 1.29 is 19.1 Å². The summed E-state index contributed by atoms with van der Waals surface area (Å²) in [6, 6.07) is 7.09. The Bertz CT molecular complexity index is 1310. The first-order valence-corrected chi connectivity index (χ1v) is 9.17. The molecule has 4 rings (SSSR count). The van der Waals surface area contributed by atoms with Crippen LogP contribution in [0.3, 0.4) is 0 Å². The normalized spacial score (nSPS) is 19.5. The van der Waals surface area contributed by atoms with Crippen LogP contribution in [0.15, 0.2) is 33.9 Å². The van der Waals surface area contributed by atoms with Crippen molar-refractivity contribution in [2.75, 3.05) is 14.1 Å². The van der Waals surface area contributed by atoms with Gasteiger partial charge in [-0.15, -0.1) is 0 Å². The van der Waals surface area contributed by atoms with Gasteiger partial charge in [0.2, 0.25) is 5.88 Å². The molecular weight excluding hydrogens is 406 g/mol. The molecule has 3 heterocycles. The first-order valence-electron chi connectivity index (χ1n) is 9.17. The fourth-order valence-corrected chi connectivity index (χ4v) is 4.11. The molecule has 1 atom stereocenters. The second-order valence-corrected chi connectivity index (χ2v) is 7.44. The lowest BCUT2D eigenvalue weighted by atomic mass is 9.77. The Labute approximate surface area is 175 Å². The zero-order valence-corrected chi connectivity index (χ0v) is 17.1. The van der Waals surface area contributed by atoms with E-state index < -0.39 is 40.6 Å². The van der Waals surface area contributed by atoms with Crippen molar-refractivity contribution in [3.63, 3.8) is 0 Å². The van der Waals surface area contributed by atoms with Gasteiger partial charge in [0.05, 0.1) is 23.1 Å². The zero-order chi connectivity index (χ0) is 22.8. The van der Waals surface area contributed by atoms with E-state index in [4.69, 9.17) is 10.00 Å². The molecule has 4 amide bonds. The van der Waals surface area contributed by atoms with Crippen LogP contribution in [0.1, 0.15) is 22.6 Å². The SMILES string of the molecule is CN1C(=O)N(C)C(=O)C2(Oc3c(c(=O)n(C)c(=O)n3C)C2c2ccc(C#N)cc2)C1=O. The minimum Gasteiger partial charge on any atom is -0.450 e. The number of hydrogen-bond donors (Lipinski definition) is 0. The molecule has 11 nitrogen and oxygen atoms in total. The minimum atomic E-state index is -2.30. The van der Waals surface area contributed by atoms with Gasteiger partial charge in [-0.25, -0.2) is 9.59 Å². The highest BCUT2D eigenvalue weighted by molar-refractivity contribution is 6.22. The van der Waals surface area contributed by atoms with Crippen LogP contribution in [-0.4, -0.2) is 56.5 Å². The quantitative estimate of drug-likeness (QED) is 0.552. The van der Waals surface area contributed by atoms with Crippen molar-refractivity contribution in [1.29, 1.82) is 5.26 Å². The Balaban J connectivity index is 2.11. The van der Waals surface area contributed by atoms with E-state index in [2.05, 4.69) is 0 Å². The summed E-state index contributed by atoms with van der Waals surface area (Å²) >= 11 is 0. The molecule has 0 N–H and O–H groups in total. The molecule has 0 radical (unpaired) electrons. The number of imide groups is 2. The van der Waals surface area contributed by atoms with Crippen LogP contribution in [-0.2, 0) is 23.7 Å². The van der Waals surface area contributed by atoms with Gasteiger partial charge in [-0.1, -0.05) is 12.1 Å². The molecule has 1 spiro atoms. The maximum absolute atomic E-state index is 13.4. The topological polar surface area (TPSA) is 135 Å². The number of nitriles is 1. The number of likely N-dealkylation sites (N-methyl/N-ethyl adjacent to an activating group) is 2. The molecule has 1 aromatic carbocycles. The molecule has 1 unspecified atom stereocenters. The van der Waals surface area contributed by atoms with Crippen LogP contribution >= 0.6 is 0 Å². The van der Waals surface area contributed by atoms with Gasteiger partial charge in [0.1, 0.15) is 0 Å². The number of barbiturate groups is 1. The number of aromatic nitrogens is 2. The molecule has 1 aromatic heterocycles. The lowest BCUT2D eigenvalue weighted by Gasteiger charge is -2.41. The van der Waals surface area contributed by atoms with Crippen LogP contribution in [0.2, 0.25) is 0 Å². The van der Waals surface area contributed by atoms with Gasteiger partial charge < -0.3 is 4.74 Å². The van der Waals surface area contributed by atoms with E-state index in [1.807, 2.05) is 6.07 Å². The Morgan fingerprint density at radius 3 is 1.97 bits per heavy atom. The average molecular weight is 423 g/mol. The third-order valence-electron chi connectivity index (χ3n) is 5.79. The number of nitrogens with zero attached hydrogens (tertiary/aromatic N) is 5. The average Bonchev–Trinajstić information content (AvgIpc) is 3.15. The number of benzene rings is 1. The van der Waals surface area contributed by atoms with Gasteiger partial charge >= 0.3 is 11.7 Å². The summed E-state index contributed by atoms with van der Waals surface area (Å²) in [4.78, 5) is 66.1. The van der Waals surface area contributed by atoms with Crippen molar-refractivity contribution >= 4 is 17.8 Å². The minimum absolute atomic E-state index is 0.0628. The Hall–Kier alpha value is -4.20. The first-order chi connectivity index (χ1) is 14.6. The molecular formula is C20H17N5O6. The van der Waals surface area contributed by atoms with E-state index in [1.54, 1.807) is 0 Å². The third-order valence-corrected chi connectivity index (χ3v) is 5.79. The van der Waals surface area contributed by atoms with Crippen LogP contribution in [0, 0.1) is 11.3 Å². The van der Waals surface area contributed by atoms with Gasteiger partial charge in [0.15, 0.2) is 0 Å². The number of rotatable bonds is 1. The summed E-state index contributed by atoms with van der Waals surface area (Å²) in [5.41, 5.74) is -3.12. The highest BCUT2D eigenvalue weighted by Gasteiger charge is 2.68. The number of ether oxygens (including phenoxy) is 1. The molecule has 31 heavy (non-hydrogen) atoms. The smallest absolute Gasteiger partial charge is 0.333 e. The molecule has 2 aliphatic heterocycles. The van der Waals surface area contributed by atoms with Crippen LogP contribution in [0.5, 0.6) is 5.88 Å². The lowest BCUT2D eigenvalue weighted by molar-refractivity contribution is -0.164. The molecule has 1 fully saturated rings. The third kappa shape index (κ3) is 2.35. The first kappa shape index (κ1) is 20.1. The predicted molar refractivity (Wildman–Crippen MR) is 104 cm³/mol. The Morgan fingerprint density at radius 2 is 1.45 bits per heavy atom. The maximum atomic E-state index is 13.4. The molecule has 1 saturated heterocycles. The predicted octanol–water partition coefficient (Wildman–Crippen LogP) is -0.731. The summed E-state index contributed by atoms with van der Waals surface area (Å²) in [5.74, 6) is -3.39. The van der Waals surface area contributed by atoms with Crippen molar-refractivity contribution in [2.45, 2.75) is 11.5 Å². The molecule has 2 aliphatic rings. The number of carbonyl (C=O) groups is 3. The lowest BCUT2D eigenvalue weighted by Crippen LogP contribution is -2.70. The molecule has 158 valence electrons. The van der Waals surface area contributed by atoms with Gasteiger partial charge in [-0.3, -0.25) is 33.3 Å². The largest absolute Gasteiger partial charge is 0.450 e. The van der Waals surface area contributed by atoms with Gasteiger partial charge in [-0.2, -0.15) is 5.26 Å². The van der Waals surface area contributed by atoms with Crippen molar-refractivity contribution in [3.05, 3.63) is 61.8 Å². The summed E-state index contributed by atoms with van der Waals surface area (Å²) < 4.78 is 7.77. The van der Waals surface area contributed by atoms with Crippen molar-refractivity contribution in [1.82, 2.24) is 18.9 Å². The summed E-state index contributed by atoms with van der Waals surface area (Å²) in [7, 11) is 5.03. The maximum Gasteiger partial charge on any atom is 0.333 e. The second-order valence-electron chi connectivity index (χ2n) is 7.44. The fraction of sp³-hybridized carbons (Fsp3) is 0.300. The fourth-order valence-electron chi connectivity index (χ4n) is 4.11. The van der Waals surface area contributed by atoms with Crippen molar-refractivity contribution in [2.24, 2.45) is 14.1 Å². The van der Waals surface area contributed by atoms with E-state index >= 15 is 0 Å². The van der Waals surface area contributed by atoms with E-state index in [9.17, 15) is 24.0 Å². The highest BCUT2D eigenvalue weighted by Crippen LogP contribution is 2.49. The number of carbonyl (C=O) groups excluding carboxylic acids is 3. The van der Waals surface area contributed by atoms with Crippen molar-refractivity contribution in [3.8, 4) is 11.9 Å². The highest BCUT2D eigenvalue weighted by atomic mass is 16.5. The van der Waals surface area contributed by atoms with E-state index in [-0.39, 0.29) is 11.4 Å². The summed E-state index contributed by atoms with van der Waals surface area (Å²) in [5, 5.41) is 9.10. The van der Waals surface area contributed by atoms with Crippen LogP contribution in [0.4, 0.5) is 4.79 Å². The summed E-state index contributed by atoms with van der Waals surface area (Å²) in [6.45, 7) is 0.